The van der Waals surface area contributed by atoms with Gasteiger partial charge in [0.25, 0.3) is 0 Å². The fourth-order valence-electron chi connectivity index (χ4n) is 3.69. The Morgan fingerprint density at radius 2 is 1.79 bits per heavy atom. The molecular weight excluding hydrogens is 374 g/mol. The predicted octanol–water partition coefficient (Wildman–Crippen LogP) is 2.00. The van der Waals surface area contributed by atoms with Crippen molar-refractivity contribution >= 4 is 28.5 Å². The summed E-state index contributed by atoms with van der Waals surface area (Å²) in [6.45, 7) is 0.523. The summed E-state index contributed by atoms with van der Waals surface area (Å²) in [6, 6.07) is 18.8. The minimum Gasteiger partial charge on any atom is -0.390 e. The quantitative estimate of drug-likeness (QED) is 0.633. The molecule has 2 fully saturated rings. The molecule has 0 bridgehead atoms. The second kappa shape index (κ2) is 8.34. The van der Waals surface area contributed by atoms with Crippen molar-refractivity contribution in [2.75, 3.05) is 5.32 Å². The van der Waals surface area contributed by atoms with Crippen LogP contribution >= 0.6 is 11.8 Å². The summed E-state index contributed by atoms with van der Waals surface area (Å²) in [6.07, 6.45) is -1.65. The van der Waals surface area contributed by atoms with Gasteiger partial charge in [0.15, 0.2) is 5.17 Å². The maximum absolute atomic E-state index is 12.9. The highest BCUT2D eigenvalue weighted by molar-refractivity contribution is 8.14. The molecule has 0 spiro atoms. The molecule has 7 heteroatoms. The van der Waals surface area contributed by atoms with Crippen LogP contribution in [0.3, 0.4) is 0 Å². The summed E-state index contributed by atoms with van der Waals surface area (Å²) in [4.78, 5) is 17.5. The van der Waals surface area contributed by atoms with Crippen LogP contribution in [0, 0.1) is 5.92 Å². The highest BCUT2D eigenvalue weighted by Gasteiger charge is 2.50. The van der Waals surface area contributed by atoms with E-state index in [0.29, 0.717) is 11.7 Å². The van der Waals surface area contributed by atoms with E-state index in [4.69, 9.17) is 0 Å². The zero-order valence-corrected chi connectivity index (χ0v) is 16.0. The van der Waals surface area contributed by atoms with Crippen LogP contribution in [0.5, 0.6) is 0 Å². The molecule has 2 aliphatic rings. The standard InChI is InChI=1S/C21H23N3O3S/c25-16-11-15(20(27)23-14-9-5-2-6-10-14)19-17(18(16)26)24-21(28-19)22-12-13-7-3-1-4-8-13/h1-10,15-19,25-26H,11-12H2,(H,22,24)(H,23,27). The van der Waals surface area contributed by atoms with Crippen molar-refractivity contribution in [3.8, 4) is 0 Å². The van der Waals surface area contributed by atoms with Crippen LogP contribution in [0.1, 0.15) is 12.0 Å². The lowest BCUT2D eigenvalue weighted by molar-refractivity contribution is -0.124. The average molecular weight is 398 g/mol. The number of amidine groups is 1. The fourth-order valence-corrected chi connectivity index (χ4v) is 5.06. The van der Waals surface area contributed by atoms with E-state index in [0.717, 1.165) is 11.3 Å². The van der Waals surface area contributed by atoms with Crippen molar-refractivity contribution in [1.82, 2.24) is 5.32 Å². The zero-order valence-electron chi connectivity index (χ0n) is 15.2. The molecule has 0 radical (unpaired) electrons. The van der Waals surface area contributed by atoms with E-state index in [9.17, 15) is 15.0 Å². The first-order chi connectivity index (χ1) is 13.6. The number of aliphatic imine (C=N–C) groups is 1. The Bertz CT molecular complexity index is 846. The highest BCUT2D eigenvalue weighted by Crippen LogP contribution is 2.39. The molecule has 2 aromatic rings. The van der Waals surface area contributed by atoms with E-state index in [1.165, 1.54) is 11.8 Å². The van der Waals surface area contributed by atoms with Crippen molar-refractivity contribution in [1.29, 1.82) is 0 Å². The number of amides is 1. The number of para-hydroxylation sites is 1. The fraction of sp³-hybridized carbons (Fsp3) is 0.333. The number of hydrogen-bond donors (Lipinski definition) is 4. The maximum atomic E-state index is 12.9. The van der Waals surface area contributed by atoms with E-state index >= 15 is 0 Å². The molecule has 5 atom stereocenters. The number of benzene rings is 2. The number of aliphatic hydroxyl groups excluding tert-OH is 2. The third-order valence-electron chi connectivity index (χ3n) is 5.17. The number of anilines is 1. The van der Waals surface area contributed by atoms with Crippen molar-refractivity contribution in [3.63, 3.8) is 0 Å². The Morgan fingerprint density at radius 1 is 1.11 bits per heavy atom. The first-order valence-corrected chi connectivity index (χ1v) is 10.2. The minimum absolute atomic E-state index is 0.147. The van der Waals surface area contributed by atoms with Crippen LogP contribution in [-0.2, 0) is 11.3 Å². The summed E-state index contributed by atoms with van der Waals surface area (Å²) in [5.41, 5.74) is 1.81. The smallest absolute Gasteiger partial charge is 0.228 e. The molecule has 1 saturated carbocycles. The zero-order chi connectivity index (χ0) is 19.5. The van der Waals surface area contributed by atoms with Gasteiger partial charge in [-0.3, -0.25) is 9.79 Å². The normalized spacial score (nSPS) is 30.5. The van der Waals surface area contributed by atoms with E-state index in [1.54, 1.807) is 0 Å². The molecule has 1 heterocycles. The molecule has 4 rings (SSSR count). The van der Waals surface area contributed by atoms with Gasteiger partial charge in [0.2, 0.25) is 5.91 Å². The van der Waals surface area contributed by atoms with Gasteiger partial charge >= 0.3 is 0 Å². The lowest BCUT2D eigenvalue weighted by atomic mass is 9.81. The molecule has 146 valence electrons. The van der Waals surface area contributed by atoms with Crippen LogP contribution in [0.2, 0.25) is 0 Å². The third kappa shape index (κ3) is 4.06. The molecule has 2 aromatic carbocycles. The van der Waals surface area contributed by atoms with Crippen LogP contribution in [-0.4, -0.2) is 44.8 Å². The van der Waals surface area contributed by atoms with Crippen LogP contribution < -0.4 is 10.6 Å². The number of nitrogens with one attached hydrogen (secondary N) is 2. The van der Waals surface area contributed by atoms with Crippen molar-refractivity contribution < 1.29 is 15.0 Å². The number of fused-ring (bicyclic) bond motifs is 1. The molecule has 1 saturated heterocycles. The summed E-state index contributed by atoms with van der Waals surface area (Å²) in [5, 5.41) is 27.4. The van der Waals surface area contributed by atoms with Gasteiger partial charge in [-0.1, -0.05) is 60.3 Å². The van der Waals surface area contributed by atoms with Gasteiger partial charge < -0.3 is 20.8 Å². The number of aliphatic hydroxyl groups is 2. The van der Waals surface area contributed by atoms with Gasteiger partial charge in [0, 0.05) is 10.9 Å². The maximum Gasteiger partial charge on any atom is 0.228 e. The average Bonchev–Trinajstić information content (AvgIpc) is 3.15. The number of hydrogen-bond acceptors (Lipinski definition) is 5. The number of carbonyl (C=O) groups is 1. The summed E-state index contributed by atoms with van der Waals surface area (Å²) in [5.74, 6) is -0.573. The molecule has 0 aromatic heterocycles. The molecular formula is C21H23N3O3S. The molecule has 5 unspecified atom stereocenters. The summed E-state index contributed by atoms with van der Waals surface area (Å²) >= 11 is 1.47. The first-order valence-electron chi connectivity index (χ1n) is 9.35. The topological polar surface area (TPSA) is 94.0 Å². The third-order valence-corrected chi connectivity index (χ3v) is 6.54. The molecule has 6 nitrogen and oxygen atoms in total. The van der Waals surface area contributed by atoms with Gasteiger partial charge in [-0.05, 0) is 24.1 Å². The Kier molecular flexibility index (Phi) is 5.66. The predicted molar refractivity (Wildman–Crippen MR) is 111 cm³/mol. The lowest BCUT2D eigenvalue weighted by Gasteiger charge is -2.37. The molecule has 4 N–H and O–H groups in total. The van der Waals surface area contributed by atoms with E-state index in [1.807, 2.05) is 60.7 Å². The van der Waals surface area contributed by atoms with Crippen molar-refractivity contribution in [3.05, 3.63) is 66.2 Å². The van der Waals surface area contributed by atoms with Gasteiger partial charge in [-0.2, -0.15) is 0 Å². The van der Waals surface area contributed by atoms with E-state index in [2.05, 4.69) is 15.6 Å². The first kappa shape index (κ1) is 19.0. The molecule has 1 aliphatic carbocycles. The minimum atomic E-state index is -0.950. The van der Waals surface area contributed by atoms with Crippen molar-refractivity contribution in [2.45, 2.75) is 36.5 Å². The van der Waals surface area contributed by atoms with Gasteiger partial charge in [0.1, 0.15) is 6.10 Å². The number of nitrogens with zero attached hydrogens (tertiary/aromatic N) is 1. The molecule has 1 aliphatic heterocycles. The number of carbonyl (C=O) groups excluding carboxylic acids is 1. The monoisotopic (exact) mass is 397 g/mol. The highest BCUT2D eigenvalue weighted by atomic mass is 32.2. The van der Waals surface area contributed by atoms with Crippen LogP contribution in [0.4, 0.5) is 5.69 Å². The Labute approximate surface area is 168 Å². The Morgan fingerprint density at radius 3 is 2.50 bits per heavy atom. The second-order valence-electron chi connectivity index (χ2n) is 7.11. The summed E-state index contributed by atoms with van der Waals surface area (Å²) < 4.78 is 0. The Balaban J connectivity index is 1.49. The van der Waals surface area contributed by atoms with E-state index in [-0.39, 0.29) is 17.6 Å². The van der Waals surface area contributed by atoms with Crippen LogP contribution in [0.25, 0.3) is 0 Å². The van der Waals surface area contributed by atoms with Gasteiger partial charge in [-0.25, -0.2) is 0 Å². The van der Waals surface area contributed by atoms with Crippen molar-refractivity contribution in [2.24, 2.45) is 10.9 Å². The molecule has 1 amide bonds. The summed E-state index contributed by atoms with van der Waals surface area (Å²) in [7, 11) is 0. The Hall–Kier alpha value is -2.35. The largest absolute Gasteiger partial charge is 0.390 e. The van der Waals surface area contributed by atoms with Gasteiger partial charge in [0.05, 0.1) is 24.6 Å². The van der Waals surface area contributed by atoms with Crippen LogP contribution in [0.15, 0.2) is 65.7 Å². The number of rotatable bonds is 4. The lowest BCUT2D eigenvalue weighted by Crippen LogP contribution is -2.57. The van der Waals surface area contributed by atoms with E-state index < -0.39 is 24.2 Å². The number of thioether (sulfide) groups is 1. The second-order valence-corrected chi connectivity index (χ2v) is 8.28. The SMILES string of the molecule is O=C(Nc1ccccc1)C1CC(O)C(O)C2NC(=NCc3ccccc3)SC12. The van der Waals surface area contributed by atoms with Gasteiger partial charge in [-0.15, -0.1) is 0 Å². The molecule has 28 heavy (non-hydrogen) atoms.